The van der Waals surface area contributed by atoms with E-state index in [4.69, 9.17) is 14.0 Å². The van der Waals surface area contributed by atoms with Gasteiger partial charge in [-0.15, -0.1) is 0 Å². The molecule has 1 heterocycles. The Morgan fingerprint density at radius 2 is 1.71 bits per heavy atom. The Balaban J connectivity index is 1.75. The molecule has 0 spiro atoms. The van der Waals surface area contributed by atoms with Crippen molar-refractivity contribution < 1.29 is 23.9 Å². The van der Waals surface area contributed by atoms with Crippen LogP contribution in [0.15, 0.2) is 54.0 Å². The van der Waals surface area contributed by atoms with Crippen LogP contribution in [0.2, 0.25) is 0 Å². The predicted octanol–water partition coefficient (Wildman–Crippen LogP) is 4.64. The molecule has 1 aliphatic heterocycles. The summed E-state index contributed by atoms with van der Waals surface area (Å²) in [6.07, 6.45) is 1.25. The van der Waals surface area contributed by atoms with Gasteiger partial charge in [0.2, 0.25) is 0 Å². The summed E-state index contributed by atoms with van der Waals surface area (Å²) in [5.74, 6) is 0.183. The molecular formula is C24H30BNO5. The average molecular weight is 423 g/mol. The number of alkyl carbamates (subject to hydrolysis) is 1. The van der Waals surface area contributed by atoms with E-state index in [0.29, 0.717) is 11.0 Å². The highest BCUT2D eigenvalue weighted by Gasteiger charge is 2.52. The number of para-hydroxylation sites is 1. The number of rotatable bonds is 6. The molecule has 6 nitrogen and oxygen atoms in total. The maximum absolute atomic E-state index is 12.3. The van der Waals surface area contributed by atoms with Gasteiger partial charge in [-0.05, 0) is 51.2 Å². The van der Waals surface area contributed by atoms with Gasteiger partial charge < -0.3 is 24.5 Å². The topological polar surface area (TPSA) is 77.0 Å². The molecule has 0 aliphatic carbocycles. The maximum atomic E-state index is 12.3. The molecule has 0 radical (unpaired) electrons. The van der Waals surface area contributed by atoms with E-state index < -0.39 is 24.4 Å². The summed E-state index contributed by atoms with van der Waals surface area (Å²) in [7, 11) is -0.667. The predicted molar refractivity (Wildman–Crippen MR) is 122 cm³/mol. The highest BCUT2D eigenvalue weighted by atomic mass is 16.7. The third-order valence-electron chi connectivity index (χ3n) is 5.82. The Hall–Kier alpha value is -2.77. The van der Waals surface area contributed by atoms with E-state index in [0.717, 1.165) is 11.1 Å². The van der Waals surface area contributed by atoms with Crippen molar-refractivity contribution in [1.29, 1.82) is 0 Å². The Labute approximate surface area is 184 Å². The summed E-state index contributed by atoms with van der Waals surface area (Å²) in [6, 6.07) is 15.0. The minimum Gasteiger partial charge on any atom is -0.507 e. The third kappa shape index (κ3) is 5.48. The van der Waals surface area contributed by atoms with Crippen molar-refractivity contribution in [2.75, 3.05) is 6.54 Å². The van der Waals surface area contributed by atoms with Crippen LogP contribution < -0.4 is 5.32 Å². The fraction of sp³-hybridized carbons (Fsp3) is 0.375. The van der Waals surface area contributed by atoms with Crippen molar-refractivity contribution in [1.82, 2.24) is 5.32 Å². The number of aromatic hydroxyl groups is 1. The van der Waals surface area contributed by atoms with Crippen LogP contribution in [-0.4, -0.2) is 36.1 Å². The quantitative estimate of drug-likeness (QED) is 0.662. The number of hydrogen-bond donors (Lipinski definition) is 2. The largest absolute Gasteiger partial charge is 0.507 e. The first-order valence-corrected chi connectivity index (χ1v) is 10.4. The molecule has 2 N–H and O–H groups in total. The molecule has 3 rings (SSSR count). The van der Waals surface area contributed by atoms with Gasteiger partial charge in [0.15, 0.2) is 0 Å². The van der Waals surface area contributed by atoms with Crippen LogP contribution in [0.1, 0.15) is 44.4 Å². The third-order valence-corrected chi connectivity index (χ3v) is 5.82. The zero-order chi connectivity index (χ0) is 22.6. The molecular weight excluding hydrogens is 393 g/mol. The number of amides is 1. The second kappa shape index (κ2) is 9.16. The molecule has 31 heavy (non-hydrogen) atoms. The van der Waals surface area contributed by atoms with E-state index in [1.807, 2.05) is 77.1 Å². The Morgan fingerprint density at radius 1 is 1.06 bits per heavy atom. The van der Waals surface area contributed by atoms with Gasteiger partial charge >= 0.3 is 13.2 Å². The number of nitrogens with one attached hydrogen (secondary N) is 1. The first-order chi connectivity index (χ1) is 14.6. The van der Waals surface area contributed by atoms with E-state index in [1.165, 1.54) is 0 Å². The highest BCUT2D eigenvalue weighted by Crippen LogP contribution is 2.39. The lowest BCUT2D eigenvalue weighted by Gasteiger charge is -2.32. The summed E-state index contributed by atoms with van der Waals surface area (Å²) >= 11 is 0. The second-order valence-electron chi connectivity index (χ2n) is 8.74. The summed E-state index contributed by atoms with van der Waals surface area (Å²) in [5, 5.41) is 13.2. The number of ether oxygens (including phenoxy) is 1. The second-order valence-corrected chi connectivity index (χ2v) is 8.74. The van der Waals surface area contributed by atoms with Gasteiger partial charge in [0.1, 0.15) is 12.4 Å². The van der Waals surface area contributed by atoms with Crippen molar-refractivity contribution in [3.63, 3.8) is 0 Å². The van der Waals surface area contributed by atoms with Crippen molar-refractivity contribution in [2.24, 2.45) is 0 Å². The van der Waals surface area contributed by atoms with Crippen molar-refractivity contribution in [2.45, 2.75) is 52.4 Å². The van der Waals surface area contributed by atoms with Crippen LogP contribution >= 0.6 is 0 Å². The number of carbonyl (C=O) groups is 1. The smallest absolute Gasteiger partial charge is 0.492 e. The molecule has 0 bridgehead atoms. The minimum absolute atomic E-state index is 0.151. The Kier molecular flexibility index (Phi) is 6.77. The molecule has 164 valence electrons. The minimum atomic E-state index is -0.667. The highest BCUT2D eigenvalue weighted by molar-refractivity contribution is 6.56. The van der Waals surface area contributed by atoms with Crippen LogP contribution in [0, 0.1) is 6.92 Å². The van der Waals surface area contributed by atoms with E-state index in [2.05, 4.69) is 5.32 Å². The van der Waals surface area contributed by atoms with Crippen LogP contribution in [0.5, 0.6) is 5.75 Å². The Morgan fingerprint density at radius 3 is 2.35 bits per heavy atom. The molecule has 2 aromatic rings. The van der Waals surface area contributed by atoms with Crippen LogP contribution in [0.4, 0.5) is 4.79 Å². The van der Waals surface area contributed by atoms with Gasteiger partial charge in [-0.3, -0.25) is 0 Å². The van der Waals surface area contributed by atoms with Crippen molar-refractivity contribution in [3.05, 3.63) is 70.7 Å². The summed E-state index contributed by atoms with van der Waals surface area (Å²) in [4.78, 5) is 12.3. The van der Waals surface area contributed by atoms with Crippen molar-refractivity contribution in [3.8, 4) is 5.75 Å². The lowest BCUT2D eigenvalue weighted by atomic mass is 9.77. The van der Waals surface area contributed by atoms with Gasteiger partial charge in [0.25, 0.3) is 0 Å². The summed E-state index contributed by atoms with van der Waals surface area (Å²) < 4.78 is 17.6. The van der Waals surface area contributed by atoms with E-state index in [9.17, 15) is 9.90 Å². The lowest BCUT2D eigenvalue weighted by Crippen LogP contribution is -2.41. The van der Waals surface area contributed by atoms with Gasteiger partial charge in [-0.1, -0.05) is 54.6 Å². The number of carbonyl (C=O) groups excluding carboxylic acids is 1. The molecule has 0 unspecified atom stereocenters. The number of phenolic OH excluding ortho intramolecular Hbond substituents is 1. The van der Waals surface area contributed by atoms with Crippen molar-refractivity contribution >= 4 is 19.3 Å². The molecule has 1 amide bonds. The molecule has 0 saturated carbocycles. The normalized spacial score (nSPS) is 17.5. The molecule has 0 aromatic heterocycles. The van der Waals surface area contributed by atoms with E-state index in [1.54, 1.807) is 12.1 Å². The monoisotopic (exact) mass is 423 g/mol. The molecule has 1 saturated heterocycles. The van der Waals surface area contributed by atoms with Gasteiger partial charge in [-0.25, -0.2) is 4.79 Å². The van der Waals surface area contributed by atoms with Gasteiger partial charge in [0, 0.05) is 12.1 Å². The number of phenols is 1. The molecule has 1 aliphatic rings. The standard InChI is InChI=1S/C24H30BNO5/c1-17-10-9-13-19(21(17)27)14-20(25-30-23(2,3)24(4,5)31-25)15-26-22(28)29-16-18-11-7-6-8-12-18/h6-14,27H,15-16H2,1-5H3,(H,26,28). The van der Waals surface area contributed by atoms with Gasteiger partial charge in [-0.2, -0.15) is 0 Å². The summed E-state index contributed by atoms with van der Waals surface area (Å²) in [5.41, 5.74) is 1.92. The fourth-order valence-corrected chi connectivity index (χ4v) is 3.14. The fourth-order valence-electron chi connectivity index (χ4n) is 3.14. The SMILES string of the molecule is Cc1cccc(C=C(CNC(=O)OCc2ccccc2)B2OC(C)(C)C(C)(C)O2)c1O. The molecule has 2 aromatic carbocycles. The lowest BCUT2D eigenvalue weighted by molar-refractivity contribution is 0.00578. The van der Waals surface area contributed by atoms with E-state index >= 15 is 0 Å². The Bertz CT molecular complexity index is 940. The average Bonchev–Trinajstić information content (AvgIpc) is 2.94. The van der Waals surface area contributed by atoms with Gasteiger partial charge in [0.05, 0.1) is 11.2 Å². The van der Waals surface area contributed by atoms with E-state index in [-0.39, 0.29) is 18.9 Å². The zero-order valence-electron chi connectivity index (χ0n) is 18.8. The molecule has 1 fully saturated rings. The summed E-state index contributed by atoms with van der Waals surface area (Å²) in [6.45, 7) is 10.0. The number of benzene rings is 2. The first kappa shape index (κ1) is 22.9. The van der Waals surface area contributed by atoms with Crippen LogP contribution in [0.25, 0.3) is 6.08 Å². The van der Waals surface area contributed by atoms with Crippen LogP contribution in [0.3, 0.4) is 0 Å². The number of hydrogen-bond acceptors (Lipinski definition) is 5. The number of aryl methyl sites for hydroxylation is 1. The van der Waals surface area contributed by atoms with Crippen LogP contribution in [-0.2, 0) is 20.7 Å². The molecule has 0 atom stereocenters. The first-order valence-electron chi connectivity index (χ1n) is 10.4. The molecule has 7 heteroatoms. The zero-order valence-corrected chi connectivity index (χ0v) is 18.8. The maximum Gasteiger partial charge on any atom is 0.492 e.